The fourth-order valence-electron chi connectivity index (χ4n) is 2.53. The number of amides is 3. The highest BCUT2D eigenvalue weighted by molar-refractivity contribution is 6.04. The summed E-state index contributed by atoms with van der Waals surface area (Å²) in [5.41, 5.74) is 1.83. The Labute approximate surface area is 163 Å². The van der Waals surface area contributed by atoms with Crippen LogP contribution in [0.5, 0.6) is 0 Å². The number of benzene rings is 1. The normalized spacial score (nSPS) is 10.5. The molecule has 1 aromatic carbocycles. The van der Waals surface area contributed by atoms with Gasteiger partial charge in [0.2, 0.25) is 0 Å². The van der Waals surface area contributed by atoms with Crippen molar-refractivity contribution in [2.24, 2.45) is 0 Å². The van der Waals surface area contributed by atoms with Crippen molar-refractivity contribution >= 4 is 23.4 Å². The molecule has 0 bridgehead atoms. The van der Waals surface area contributed by atoms with Crippen LogP contribution in [0.4, 0.5) is 16.3 Å². The first kappa shape index (κ1) is 19.1. The molecular formula is C20H22N6O2. The van der Waals surface area contributed by atoms with Gasteiger partial charge in [0.25, 0.3) is 5.91 Å². The minimum atomic E-state index is -0.319. The molecular weight excluding hydrogens is 356 g/mol. The number of hydrogen-bond acceptors (Lipinski definition) is 4. The van der Waals surface area contributed by atoms with Gasteiger partial charge >= 0.3 is 6.03 Å². The quantitative estimate of drug-likeness (QED) is 0.613. The Morgan fingerprint density at radius 1 is 1.07 bits per heavy atom. The molecule has 8 nitrogen and oxygen atoms in total. The molecule has 0 aliphatic rings. The molecule has 8 heteroatoms. The summed E-state index contributed by atoms with van der Waals surface area (Å²) in [5.74, 6) is 0.132. The maximum atomic E-state index is 12.5. The first-order valence-electron chi connectivity index (χ1n) is 8.92. The number of carbonyl (C=O) groups excluding carboxylic acids is 2. The molecule has 0 saturated carbocycles. The van der Waals surface area contributed by atoms with Crippen molar-refractivity contribution in [2.45, 2.75) is 26.4 Å². The van der Waals surface area contributed by atoms with E-state index >= 15 is 0 Å². The minimum absolute atomic E-state index is 0.0210. The Morgan fingerprint density at radius 3 is 2.68 bits per heavy atom. The zero-order valence-electron chi connectivity index (χ0n) is 15.7. The molecule has 0 aliphatic carbocycles. The number of nitrogens with one attached hydrogen (secondary N) is 3. The summed E-state index contributed by atoms with van der Waals surface area (Å²) in [7, 11) is 0. The second-order valence-electron chi connectivity index (χ2n) is 6.51. The van der Waals surface area contributed by atoms with Gasteiger partial charge in [-0.25, -0.2) is 4.79 Å². The van der Waals surface area contributed by atoms with Gasteiger partial charge in [0, 0.05) is 35.8 Å². The maximum absolute atomic E-state index is 12.5. The molecule has 2 heterocycles. The van der Waals surface area contributed by atoms with Crippen LogP contribution < -0.4 is 16.0 Å². The lowest BCUT2D eigenvalue weighted by Gasteiger charge is -2.11. The highest BCUT2D eigenvalue weighted by Gasteiger charge is 2.10. The lowest BCUT2D eigenvalue weighted by Crippen LogP contribution is -2.34. The molecule has 28 heavy (non-hydrogen) atoms. The molecule has 3 rings (SSSR count). The largest absolute Gasteiger partial charge is 0.336 e. The molecule has 2 aromatic heterocycles. The van der Waals surface area contributed by atoms with E-state index in [1.807, 2.05) is 32.0 Å². The predicted octanol–water partition coefficient (Wildman–Crippen LogP) is 3.11. The van der Waals surface area contributed by atoms with Crippen LogP contribution in [-0.2, 0) is 6.54 Å². The summed E-state index contributed by atoms with van der Waals surface area (Å²) >= 11 is 0. The zero-order valence-corrected chi connectivity index (χ0v) is 15.7. The number of hydrogen-bond donors (Lipinski definition) is 3. The van der Waals surface area contributed by atoms with Crippen LogP contribution in [-0.4, -0.2) is 32.7 Å². The Hall–Kier alpha value is -3.68. The second-order valence-corrected chi connectivity index (χ2v) is 6.51. The minimum Gasteiger partial charge on any atom is -0.336 e. The van der Waals surface area contributed by atoms with Gasteiger partial charge < -0.3 is 16.0 Å². The molecule has 144 valence electrons. The van der Waals surface area contributed by atoms with Crippen molar-refractivity contribution in [1.29, 1.82) is 0 Å². The van der Waals surface area contributed by atoms with Gasteiger partial charge in [0.15, 0.2) is 5.82 Å². The summed E-state index contributed by atoms with van der Waals surface area (Å²) in [6, 6.07) is 13.8. The molecule has 3 N–H and O–H groups in total. The van der Waals surface area contributed by atoms with Crippen molar-refractivity contribution in [3.63, 3.8) is 0 Å². The van der Waals surface area contributed by atoms with Crippen LogP contribution in [0, 0.1) is 0 Å². The smallest absolute Gasteiger partial charge is 0.319 e. The fraction of sp³-hybridized carbons (Fsp3) is 0.200. The summed E-state index contributed by atoms with van der Waals surface area (Å²) in [6.45, 7) is 4.26. The number of anilines is 2. The lowest BCUT2D eigenvalue weighted by atomic mass is 10.2. The van der Waals surface area contributed by atoms with E-state index < -0.39 is 0 Å². The monoisotopic (exact) mass is 378 g/mol. The first-order chi connectivity index (χ1) is 13.5. The summed E-state index contributed by atoms with van der Waals surface area (Å²) in [5, 5.41) is 12.5. The second kappa shape index (κ2) is 8.81. The number of pyridine rings is 1. The van der Waals surface area contributed by atoms with Crippen LogP contribution in [0.3, 0.4) is 0 Å². The van der Waals surface area contributed by atoms with Crippen LogP contribution in [0.2, 0.25) is 0 Å². The molecule has 3 aromatic rings. The zero-order chi connectivity index (χ0) is 19.9. The SMILES string of the molecule is CC(C)NC(=O)Nc1cccc(C(=O)Nc2ccn(Cc3ccccn3)n2)c1. The van der Waals surface area contributed by atoms with E-state index in [9.17, 15) is 9.59 Å². The predicted molar refractivity (Wildman–Crippen MR) is 107 cm³/mol. The maximum Gasteiger partial charge on any atom is 0.319 e. The van der Waals surface area contributed by atoms with Gasteiger partial charge in [0.05, 0.1) is 12.2 Å². The first-order valence-corrected chi connectivity index (χ1v) is 8.92. The number of nitrogens with zero attached hydrogens (tertiary/aromatic N) is 3. The average molecular weight is 378 g/mol. The summed E-state index contributed by atoms with van der Waals surface area (Å²) in [6.07, 6.45) is 3.50. The summed E-state index contributed by atoms with van der Waals surface area (Å²) < 4.78 is 1.70. The Balaban J connectivity index is 1.62. The number of rotatable bonds is 6. The van der Waals surface area contributed by atoms with E-state index in [4.69, 9.17) is 0 Å². The van der Waals surface area contributed by atoms with Crippen LogP contribution in [0.25, 0.3) is 0 Å². The van der Waals surface area contributed by atoms with Crippen LogP contribution in [0.1, 0.15) is 29.9 Å². The van der Waals surface area contributed by atoms with Crippen LogP contribution >= 0.6 is 0 Å². The van der Waals surface area contributed by atoms with E-state index in [0.717, 1.165) is 5.69 Å². The Bertz CT molecular complexity index is 952. The topological polar surface area (TPSA) is 101 Å². The number of aromatic nitrogens is 3. The number of carbonyl (C=O) groups is 2. The average Bonchev–Trinajstić information content (AvgIpc) is 3.08. The molecule has 0 saturated heterocycles. The van der Waals surface area contributed by atoms with Crippen molar-refractivity contribution in [3.8, 4) is 0 Å². The van der Waals surface area contributed by atoms with E-state index in [-0.39, 0.29) is 18.0 Å². The Kier molecular flexibility index (Phi) is 6.01. The molecule has 0 unspecified atom stereocenters. The van der Waals surface area contributed by atoms with Crippen molar-refractivity contribution in [2.75, 3.05) is 10.6 Å². The van der Waals surface area contributed by atoms with Gasteiger partial charge in [-0.2, -0.15) is 5.10 Å². The molecule has 3 amide bonds. The molecule has 0 aliphatic heterocycles. The van der Waals surface area contributed by atoms with Gasteiger partial charge in [-0.15, -0.1) is 0 Å². The van der Waals surface area contributed by atoms with Crippen molar-refractivity contribution in [3.05, 3.63) is 72.2 Å². The van der Waals surface area contributed by atoms with Crippen molar-refractivity contribution in [1.82, 2.24) is 20.1 Å². The molecule has 0 radical (unpaired) electrons. The highest BCUT2D eigenvalue weighted by Crippen LogP contribution is 2.13. The van der Waals surface area contributed by atoms with E-state index in [1.54, 1.807) is 47.4 Å². The van der Waals surface area contributed by atoms with Crippen LogP contribution in [0.15, 0.2) is 60.9 Å². The van der Waals surface area contributed by atoms with Gasteiger partial charge in [-0.3, -0.25) is 14.5 Å². The molecule has 0 spiro atoms. The Morgan fingerprint density at radius 2 is 1.93 bits per heavy atom. The van der Waals surface area contributed by atoms with Gasteiger partial charge in [-0.05, 0) is 44.2 Å². The lowest BCUT2D eigenvalue weighted by molar-refractivity contribution is 0.102. The highest BCUT2D eigenvalue weighted by atomic mass is 16.2. The summed E-state index contributed by atoms with van der Waals surface area (Å²) in [4.78, 5) is 28.6. The van der Waals surface area contributed by atoms with Gasteiger partial charge in [0.1, 0.15) is 0 Å². The van der Waals surface area contributed by atoms with Crippen molar-refractivity contribution < 1.29 is 9.59 Å². The fourth-order valence-corrected chi connectivity index (χ4v) is 2.53. The van der Waals surface area contributed by atoms with Gasteiger partial charge in [-0.1, -0.05) is 12.1 Å². The third-order valence-electron chi connectivity index (χ3n) is 3.73. The number of urea groups is 1. The molecule has 0 fully saturated rings. The standard InChI is InChI=1S/C20H22N6O2/c1-14(2)22-20(28)23-16-8-5-6-15(12-16)19(27)24-18-9-11-26(25-18)13-17-7-3-4-10-21-17/h3-12,14H,13H2,1-2H3,(H2,22,23,28)(H,24,25,27). The third kappa shape index (κ3) is 5.41. The van der Waals surface area contributed by atoms with E-state index in [1.165, 1.54) is 0 Å². The van der Waals surface area contributed by atoms with E-state index in [2.05, 4.69) is 26.0 Å². The van der Waals surface area contributed by atoms with E-state index in [0.29, 0.717) is 23.6 Å². The third-order valence-corrected chi connectivity index (χ3v) is 3.73. The molecule has 0 atom stereocenters.